The van der Waals surface area contributed by atoms with Crippen molar-refractivity contribution in [1.29, 1.82) is 0 Å². The summed E-state index contributed by atoms with van der Waals surface area (Å²) in [7, 11) is 1.43. The molecule has 1 rings (SSSR count). The zero-order valence-electron chi connectivity index (χ0n) is 10.5. The first-order valence-electron chi connectivity index (χ1n) is 6.00. The fourth-order valence-electron chi connectivity index (χ4n) is 1.71. The summed E-state index contributed by atoms with van der Waals surface area (Å²) in [5.74, 6) is -0.914. The third-order valence-electron chi connectivity index (χ3n) is 2.82. The standard InChI is InChI=1S/C14H20O3/c1-3-4-5-11-6-8-12(9-7-11)10-13(17-2)14(15)16/h6-9,13H,3-5,10H2,1-2H3,(H,15,16)/t13-/m0/s1. The van der Waals surface area contributed by atoms with E-state index in [0.29, 0.717) is 6.42 Å². The zero-order chi connectivity index (χ0) is 12.7. The molecular formula is C14H20O3. The lowest BCUT2D eigenvalue weighted by atomic mass is 10.0. The van der Waals surface area contributed by atoms with Crippen LogP contribution in [0.25, 0.3) is 0 Å². The highest BCUT2D eigenvalue weighted by Gasteiger charge is 2.16. The Labute approximate surface area is 102 Å². The molecule has 94 valence electrons. The van der Waals surface area contributed by atoms with E-state index >= 15 is 0 Å². The van der Waals surface area contributed by atoms with E-state index in [1.54, 1.807) is 0 Å². The van der Waals surface area contributed by atoms with Gasteiger partial charge < -0.3 is 9.84 Å². The van der Waals surface area contributed by atoms with Crippen molar-refractivity contribution in [1.82, 2.24) is 0 Å². The molecule has 0 radical (unpaired) electrons. The van der Waals surface area contributed by atoms with Crippen LogP contribution >= 0.6 is 0 Å². The highest BCUT2D eigenvalue weighted by atomic mass is 16.5. The van der Waals surface area contributed by atoms with Crippen LogP contribution in [0.5, 0.6) is 0 Å². The Morgan fingerprint density at radius 3 is 2.35 bits per heavy atom. The smallest absolute Gasteiger partial charge is 0.333 e. The summed E-state index contributed by atoms with van der Waals surface area (Å²) < 4.78 is 4.91. The van der Waals surface area contributed by atoms with E-state index < -0.39 is 12.1 Å². The van der Waals surface area contributed by atoms with Crippen LogP contribution in [0.1, 0.15) is 30.9 Å². The van der Waals surface area contributed by atoms with Crippen molar-refractivity contribution < 1.29 is 14.6 Å². The van der Waals surface area contributed by atoms with Crippen molar-refractivity contribution >= 4 is 5.97 Å². The molecule has 0 heterocycles. The number of carboxylic acids is 1. The molecule has 0 aliphatic carbocycles. The summed E-state index contributed by atoms with van der Waals surface area (Å²) in [6.07, 6.45) is 3.13. The second-order valence-electron chi connectivity index (χ2n) is 4.19. The Balaban J connectivity index is 2.58. The summed E-state index contributed by atoms with van der Waals surface area (Å²) in [6, 6.07) is 8.11. The third-order valence-corrected chi connectivity index (χ3v) is 2.82. The largest absolute Gasteiger partial charge is 0.479 e. The Kier molecular flexibility index (Phi) is 5.70. The van der Waals surface area contributed by atoms with Crippen LogP contribution < -0.4 is 0 Å². The van der Waals surface area contributed by atoms with Gasteiger partial charge in [-0.1, -0.05) is 37.6 Å². The van der Waals surface area contributed by atoms with Crippen LogP contribution in [0.4, 0.5) is 0 Å². The van der Waals surface area contributed by atoms with Crippen LogP contribution in [-0.4, -0.2) is 24.3 Å². The van der Waals surface area contributed by atoms with E-state index in [2.05, 4.69) is 19.1 Å². The molecule has 1 atom stereocenters. The number of carbonyl (C=O) groups is 1. The summed E-state index contributed by atoms with van der Waals surface area (Å²) in [5.41, 5.74) is 2.30. The second kappa shape index (κ2) is 7.07. The molecule has 0 fully saturated rings. The maximum Gasteiger partial charge on any atom is 0.333 e. The number of ether oxygens (including phenoxy) is 1. The molecule has 0 saturated heterocycles. The fourth-order valence-corrected chi connectivity index (χ4v) is 1.71. The Morgan fingerprint density at radius 2 is 1.88 bits per heavy atom. The molecule has 0 unspecified atom stereocenters. The van der Waals surface area contributed by atoms with Gasteiger partial charge in [0, 0.05) is 13.5 Å². The van der Waals surface area contributed by atoms with Gasteiger partial charge in [-0.15, -0.1) is 0 Å². The topological polar surface area (TPSA) is 46.5 Å². The quantitative estimate of drug-likeness (QED) is 0.791. The first kappa shape index (κ1) is 13.7. The molecule has 0 saturated carbocycles. The normalized spacial score (nSPS) is 12.4. The van der Waals surface area contributed by atoms with Crippen molar-refractivity contribution in [3.8, 4) is 0 Å². The van der Waals surface area contributed by atoms with Crippen LogP contribution in [-0.2, 0) is 22.4 Å². The van der Waals surface area contributed by atoms with Crippen molar-refractivity contribution in [2.75, 3.05) is 7.11 Å². The van der Waals surface area contributed by atoms with E-state index in [1.807, 2.05) is 12.1 Å². The van der Waals surface area contributed by atoms with E-state index in [9.17, 15) is 4.79 Å². The molecule has 3 heteroatoms. The minimum atomic E-state index is -0.914. The molecular weight excluding hydrogens is 216 g/mol. The van der Waals surface area contributed by atoms with Gasteiger partial charge in [0.25, 0.3) is 0 Å². The van der Waals surface area contributed by atoms with Gasteiger partial charge in [-0.3, -0.25) is 0 Å². The van der Waals surface area contributed by atoms with Gasteiger partial charge in [-0.2, -0.15) is 0 Å². The number of hydrogen-bond acceptors (Lipinski definition) is 2. The molecule has 1 N–H and O–H groups in total. The maximum absolute atomic E-state index is 10.8. The van der Waals surface area contributed by atoms with Crippen molar-refractivity contribution in [3.05, 3.63) is 35.4 Å². The van der Waals surface area contributed by atoms with Crippen molar-refractivity contribution in [2.24, 2.45) is 0 Å². The summed E-state index contributed by atoms with van der Waals surface area (Å²) >= 11 is 0. The molecule has 0 amide bonds. The number of hydrogen-bond donors (Lipinski definition) is 1. The molecule has 1 aromatic carbocycles. The number of benzene rings is 1. The van der Waals surface area contributed by atoms with Crippen molar-refractivity contribution in [3.63, 3.8) is 0 Å². The third kappa shape index (κ3) is 4.57. The number of aliphatic carboxylic acids is 1. The fraction of sp³-hybridized carbons (Fsp3) is 0.500. The number of methoxy groups -OCH3 is 1. The monoisotopic (exact) mass is 236 g/mol. The number of carboxylic acid groups (broad SMARTS) is 1. The highest BCUT2D eigenvalue weighted by molar-refractivity contribution is 5.72. The summed E-state index contributed by atoms with van der Waals surface area (Å²) in [6.45, 7) is 2.17. The van der Waals surface area contributed by atoms with Gasteiger partial charge in [0.2, 0.25) is 0 Å². The van der Waals surface area contributed by atoms with Crippen LogP contribution in [0.3, 0.4) is 0 Å². The average molecular weight is 236 g/mol. The maximum atomic E-state index is 10.8. The van der Waals surface area contributed by atoms with Gasteiger partial charge in [0.1, 0.15) is 0 Å². The van der Waals surface area contributed by atoms with Crippen LogP contribution in [0, 0.1) is 0 Å². The average Bonchev–Trinajstić information content (AvgIpc) is 2.34. The lowest BCUT2D eigenvalue weighted by Gasteiger charge is -2.10. The van der Waals surface area contributed by atoms with E-state index in [1.165, 1.54) is 25.5 Å². The van der Waals surface area contributed by atoms with Gasteiger partial charge in [-0.25, -0.2) is 4.79 Å². The number of aryl methyl sites for hydroxylation is 1. The summed E-state index contributed by atoms with van der Waals surface area (Å²) in [4.78, 5) is 10.8. The van der Waals surface area contributed by atoms with Crippen LogP contribution in [0.15, 0.2) is 24.3 Å². The highest BCUT2D eigenvalue weighted by Crippen LogP contribution is 2.10. The molecule has 17 heavy (non-hydrogen) atoms. The molecule has 3 nitrogen and oxygen atoms in total. The lowest BCUT2D eigenvalue weighted by Crippen LogP contribution is -2.24. The Morgan fingerprint density at radius 1 is 1.29 bits per heavy atom. The first-order valence-corrected chi connectivity index (χ1v) is 6.00. The molecule has 0 bridgehead atoms. The predicted molar refractivity (Wildman–Crippen MR) is 67.2 cm³/mol. The number of unbranched alkanes of at least 4 members (excludes halogenated alkanes) is 1. The van der Waals surface area contributed by atoms with Crippen molar-refractivity contribution in [2.45, 2.75) is 38.7 Å². The second-order valence-corrected chi connectivity index (χ2v) is 4.19. The van der Waals surface area contributed by atoms with Gasteiger partial charge in [0.15, 0.2) is 6.10 Å². The Bertz CT molecular complexity index is 343. The molecule has 0 aliphatic rings. The van der Waals surface area contributed by atoms with E-state index in [-0.39, 0.29) is 0 Å². The SMILES string of the molecule is CCCCc1ccc(C[C@H](OC)C(=O)O)cc1. The van der Waals surface area contributed by atoms with E-state index in [4.69, 9.17) is 9.84 Å². The molecule has 1 aromatic rings. The lowest BCUT2D eigenvalue weighted by molar-refractivity contribution is -0.148. The van der Waals surface area contributed by atoms with E-state index in [0.717, 1.165) is 12.0 Å². The molecule has 0 aliphatic heterocycles. The zero-order valence-corrected chi connectivity index (χ0v) is 10.5. The number of rotatable bonds is 7. The van der Waals surface area contributed by atoms with Crippen LogP contribution in [0.2, 0.25) is 0 Å². The minimum absolute atomic E-state index is 0.417. The predicted octanol–water partition coefficient (Wildman–Crippen LogP) is 2.67. The Hall–Kier alpha value is -1.35. The van der Waals surface area contributed by atoms with Gasteiger partial charge in [0.05, 0.1) is 0 Å². The molecule has 0 spiro atoms. The summed E-state index contributed by atoms with van der Waals surface area (Å²) in [5, 5.41) is 8.88. The molecule has 0 aromatic heterocycles. The first-order chi connectivity index (χ1) is 8.17. The van der Waals surface area contributed by atoms with Gasteiger partial charge in [-0.05, 0) is 24.0 Å². The minimum Gasteiger partial charge on any atom is -0.479 e. The van der Waals surface area contributed by atoms with Gasteiger partial charge >= 0.3 is 5.97 Å².